The first-order valence-corrected chi connectivity index (χ1v) is 11.2. The predicted octanol–water partition coefficient (Wildman–Crippen LogP) is 2.25. The topological polar surface area (TPSA) is 115 Å². The number of benzene rings is 2. The van der Waals surface area contributed by atoms with Crippen LogP contribution in [0.4, 0.5) is 0 Å². The Morgan fingerprint density at radius 1 is 1.25 bits per heavy atom. The largest absolute Gasteiger partial charge is 0.468 e. The van der Waals surface area contributed by atoms with Gasteiger partial charge in [0.2, 0.25) is 11.8 Å². The number of hydrogen-bond acceptors (Lipinski definition) is 6. The van der Waals surface area contributed by atoms with E-state index in [1.54, 1.807) is 0 Å². The van der Waals surface area contributed by atoms with Crippen molar-refractivity contribution in [3.63, 3.8) is 0 Å². The SMILES string of the molecule is CC12CC(c3ccccc3O1)C(C(N)=O)C(=O)N2CCNC(=O)c1nc2ccccc2s1. The van der Waals surface area contributed by atoms with Gasteiger partial charge in [0.1, 0.15) is 11.7 Å². The molecule has 2 bridgehead atoms. The molecule has 0 spiro atoms. The minimum Gasteiger partial charge on any atom is -0.468 e. The Hall–Kier alpha value is -3.46. The molecule has 3 atom stereocenters. The Bertz CT molecular complexity index is 1210. The number of aromatic nitrogens is 1. The molecule has 3 unspecified atom stereocenters. The maximum Gasteiger partial charge on any atom is 0.280 e. The number of nitrogens with two attached hydrogens (primary N) is 1. The summed E-state index contributed by atoms with van der Waals surface area (Å²) in [6.45, 7) is 2.21. The van der Waals surface area contributed by atoms with E-state index in [0.717, 1.165) is 15.8 Å². The molecule has 164 valence electrons. The van der Waals surface area contributed by atoms with Gasteiger partial charge in [-0.3, -0.25) is 14.4 Å². The summed E-state index contributed by atoms with van der Waals surface area (Å²) in [5, 5.41) is 3.19. The van der Waals surface area contributed by atoms with E-state index in [9.17, 15) is 14.4 Å². The quantitative estimate of drug-likeness (QED) is 0.579. The third kappa shape index (κ3) is 3.29. The second kappa shape index (κ2) is 7.59. The first-order valence-electron chi connectivity index (χ1n) is 10.4. The number of carbonyl (C=O) groups is 3. The average molecular weight is 451 g/mol. The summed E-state index contributed by atoms with van der Waals surface area (Å²) in [6.07, 6.45) is 0.454. The zero-order valence-corrected chi connectivity index (χ0v) is 18.2. The Labute approximate surface area is 188 Å². The van der Waals surface area contributed by atoms with Crippen LogP contribution < -0.4 is 15.8 Å². The van der Waals surface area contributed by atoms with Crippen molar-refractivity contribution in [3.05, 3.63) is 59.1 Å². The third-order valence-corrected chi connectivity index (χ3v) is 7.20. The Balaban J connectivity index is 1.34. The summed E-state index contributed by atoms with van der Waals surface area (Å²) in [5.74, 6) is -1.98. The van der Waals surface area contributed by atoms with Crippen LogP contribution in [0.15, 0.2) is 48.5 Å². The van der Waals surface area contributed by atoms with Gasteiger partial charge in [-0.1, -0.05) is 30.3 Å². The molecule has 0 radical (unpaired) electrons. The highest BCUT2D eigenvalue weighted by Crippen LogP contribution is 2.49. The highest BCUT2D eigenvalue weighted by molar-refractivity contribution is 7.20. The number of para-hydroxylation sites is 2. The lowest BCUT2D eigenvalue weighted by Crippen LogP contribution is -2.65. The fraction of sp³-hybridized carbons (Fsp3) is 0.304. The molecule has 2 aliphatic heterocycles. The van der Waals surface area contributed by atoms with Gasteiger partial charge in [0.05, 0.1) is 10.2 Å². The first kappa shape index (κ1) is 20.4. The minimum absolute atomic E-state index is 0.185. The molecular weight excluding hydrogens is 428 g/mol. The highest BCUT2D eigenvalue weighted by Gasteiger charge is 2.55. The number of nitrogens with zero attached hydrogens (tertiary/aromatic N) is 2. The van der Waals surface area contributed by atoms with Crippen molar-refractivity contribution in [3.8, 4) is 5.75 Å². The van der Waals surface area contributed by atoms with Gasteiger partial charge in [0, 0.05) is 25.4 Å². The van der Waals surface area contributed by atoms with Gasteiger partial charge >= 0.3 is 0 Å². The second-order valence-corrected chi connectivity index (χ2v) is 9.27. The van der Waals surface area contributed by atoms with Crippen LogP contribution in [-0.2, 0) is 9.59 Å². The van der Waals surface area contributed by atoms with Gasteiger partial charge in [0.15, 0.2) is 10.7 Å². The Kier molecular flexibility index (Phi) is 4.85. The maximum atomic E-state index is 13.3. The molecule has 32 heavy (non-hydrogen) atoms. The predicted molar refractivity (Wildman–Crippen MR) is 119 cm³/mol. The monoisotopic (exact) mass is 450 g/mol. The zero-order valence-electron chi connectivity index (χ0n) is 17.4. The second-order valence-electron chi connectivity index (χ2n) is 8.24. The normalized spacial score (nSPS) is 24.0. The molecule has 1 saturated heterocycles. The summed E-state index contributed by atoms with van der Waals surface area (Å²) >= 11 is 1.31. The van der Waals surface area contributed by atoms with Crippen LogP contribution in [-0.4, -0.2) is 46.4 Å². The average Bonchev–Trinajstić information content (AvgIpc) is 3.20. The summed E-state index contributed by atoms with van der Waals surface area (Å²) in [4.78, 5) is 44.0. The molecule has 2 aromatic carbocycles. The van der Waals surface area contributed by atoms with E-state index in [2.05, 4.69) is 10.3 Å². The van der Waals surface area contributed by atoms with Crippen molar-refractivity contribution in [1.29, 1.82) is 0 Å². The van der Waals surface area contributed by atoms with Crippen LogP contribution in [0, 0.1) is 5.92 Å². The van der Waals surface area contributed by atoms with Gasteiger partial charge in [0.25, 0.3) is 5.91 Å². The van der Waals surface area contributed by atoms with E-state index in [-0.39, 0.29) is 30.8 Å². The molecule has 1 fully saturated rings. The fourth-order valence-corrected chi connectivity index (χ4v) is 5.59. The van der Waals surface area contributed by atoms with Gasteiger partial charge in [-0.05, 0) is 30.7 Å². The fourth-order valence-electron chi connectivity index (χ4n) is 4.71. The van der Waals surface area contributed by atoms with Crippen molar-refractivity contribution in [2.75, 3.05) is 13.1 Å². The number of hydrogen-bond donors (Lipinski definition) is 2. The van der Waals surface area contributed by atoms with E-state index < -0.39 is 17.6 Å². The molecule has 3 N–H and O–H groups in total. The molecule has 0 aliphatic carbocycles. The van der Waals surface area contributed by atoms with Crippen LogP contribution in [0.3, 0.4) is 0 Å². The van der Waals surface area contributed by atoms with E-state index in [4.69, 9.17) is 10.5 Å². The number of rotatable bonds is 5. The molecule has 1 aromatic heterocycles. The summed E-state index contributed by atoms with van der Waals surface area (Å²) in [6, 6.07) is 15.0. The lowest BCUT2D eigenvalue weighted by Gasteiger charge is -2.52. The van der Waals surface area contributed by atoms with Crippen molar-refractivity contribution >= 4 is 39.3 Å². The maximum absolute atomic E-state index is 13.3. The number of piperidine rings is 1. The summed E-state index contributed by atoms with van der Waals surface area (Å²) in [5.41, 5.74) is 6.31. The Morgan fingerprint density at radius 2 is 2.00 bits per heavy atom. The van der Waals surface area contributed by atoms with E-state index in [1.807, 2.05) is 55.5 Å². The summed E-state index contributed by atoms with van der Waals surface area (Å²) in [7, 11) is 0. The van der Waals surface area contributed by atoms with Gasteiger partial charge in [-0.2, -0.15) is 0 Å². The molecule has 9 heteroatoms. The highest BCUT2D eigenvalue weighted by atomic mass is 32.1. The van der Waals surface area contributed by atoms with Crippen molar-refractivity contribution in [2.24, 2.45) is 11.7 Å². The van der Waals surface area contributed by atoms with Crippen LogP contribution in [0.2, 0.25) is 0 Å². The smallest absolute Gasteiger partial charge is 0.280 e. The van der Waals surface area contributed by atoms with Crippen molar-refractivity contribution in [1.82, 2.24) is 15.2 Å². The van der Waals surface area contributed by atoms with Crippen molar-refractivity contribution < 1.29 is 19.1 Å². The number of primary amides is 1. The number of amides is 3. The van der Waals surface area contributed by atoms with Crippen LogP contribution in [0.25, 0.3) is 10.2 Å². The first-order chi connectivity index (χ1) is 15.4. The standard InChI is InChI=1S/C23H22N4O4S/c1-23-12-14(13-6-2-4-8-16(13)31-23)18(19(24)28)22(30)27(23)11-10-25-20(29)21-26-15-7-3-5-9-17(15)32-21/h2-9,14,18H,10-12H2,1H3,(H2,24,28)(H,25,29). The molecular formula is C23H22N4O4S. The van der Waals surface area contributed by atoms with Crippen molar-refractivity contribution in [2.45, 2.75) is 25.0 Å². The van der Waals surface area contributed by atoms with E-state index in [0.29, 0.717) is 17.2 Å². The van der Waals surface area contributed by atoms with Crippen LogP contribution in [0.1, 0.15) is 34.6 Å². The van der Waals surface area contributed by atoms with Crippen LogP contribution >= 0.6 is 11.3 Å². The number of ether oxygens (including phenoxy) is 1. The minimum atomic E-state index is -0.965. The number of nitrogens with one attached hydrogen (secondary N) is 1. The molecule has 0 saturated carbocycles. The number of likely N-dealkylation sites (tertiary alicyclic amines) is 1. The van der Waals surface area contributed by atoms with E-state index in [1.165, 1.54) is 16.2 Å². The number of carbonyl (C=O) groups excluding carboxylic acids is 3. The molecule has 5 rings (SSSR count). The molecule has 3 amide bonds. The zero-order chi connectivity index (χ0) is 22.5. The Morgan fingerprint density at radius 3 is 2.78 bits per heavy atom. The van der Waals surface area contributed by atoms with Gasteiger partial charge in [-0.25, -0.2) is 4.98 Å². The van der Waals surface area contributed by atoms with Crippen LogP contribution in [0.5, 0.6) is 5.75 Å². The van der Waals surface area contributed by atoms with E-state index >= 15 is 0 Å². The molecule has 2 aliphatic rings. The lowest BCUT2D eigenvalue weighted by molar-refractivity contribution is -0.175. The number of thiazole rings is 1. The molecule has 3 aromatic rings. The molecule has 8 nitrogen and oxygen atoms in total. The number of fused-ring (bicyclic) bond motifs is 5. The van der Waals surface area contributed by atoms with Gasteiger partial charge < -0.3 is 20.7 Å². The summed E-state index contributed by atoms with van der Waals surface area (Å²) < 4.78 is 7.14. The van der Waals surface area contributed by atoms with Gasteiger partial charge in [-0.15, -0.1) is 11.3 Å². The third-order valence-electron chi connectivity index (χ3n) is 6.17. The molecule has 3 heterocycles. The lowest BCUT2D eigenvalue weighted by atomic mass is 9.73.